The summed E-state index contributed by atoms with van der Waals surface area (Å²) in [5.41, 5.74) is 2.48. The Bertz CT molecular complexity index is 1170. The third-order valence-electron chi connectivity index (χ3n) is 6.04. The van der Waals surface area contributed by atoms with Crippen LogP contribution in [0.1, 0.15) is 31.4 Å². The predicted octanol–water partition coefficient (Wildman–Crippen LogP) is 4.44. The number of halogens is 1. The molecular formula is C22H23FN6OS. The highest BCUT2D eigenvalue weighted by Gasteiger charge is 2.48. The van der Waals surface area contributed by atoms with E-state index in [0.717, 1.165) is 0 Å². The Kier molecular flexibility index (Phi) is 4.92. The second-order valence-electron chi connectivity index (χ2n) is 8.09. The lowest BCUT2D eigenvalue weighted by atomic mass is 10.0. The van der Waals surface area contributed by atoms with E-state index < -0.39 is 0 Å². The Morgan fingerprint density at radius 3 is 2.84 bits per heavy atom. The van der Waals surface area contributed by atoms with Crippen LogP contribution in [0.25, 0.3) is 11.0 Å². The number of amidine groups is 1. The molecule has 9 heteroatoms. The molecule has 31 heavy (non-hydrogen) atoms. The van der Waals surface area contributed by atoms with E-state index in [1.54, 1.807) is 43.3 Å². The molecule has 5 rings (SSSR count). The minimum Gasteiger partial charge on any atom is -0.495 e. The number of thioether (sulfide) groups is 1. The molecule has 2 aromatic heterocycles. The van der Waals surface area contributed by atoms with E-state index >= 15 is 0 Å². The molecule has 2 aliphatic rings. The topological polar surface area (TPSA) is 95.8 Å². The summed E-state index contributed by atoms with van der Waals surface area (Å²) in [7, 11) is 1.58. The summed E-state index contributed by atoms with van der Waals surface area (Å²) >= 11 is 1.75. The number of methoxy groups -OCH3 is 1. The molecule has 0 spiro atoms. The van der Waals surface area contributed by atoms with Crippen molar-refractivity contribution in [2.24, 2.45) is 5.92 Å². The molecule has 160 valence electrons. The Morgan fingerprint density at radius 1 is 1.26 bits per heavy atom. The number of pyridine rings is 1. The van der Waals surface area contributed by atoms with E-state index in [0.29, 0.717) is 51.4 Å². The van der Waals surface area contributed by atoms with Crippen molar-refractivity contribution in [3.8, 4) is 5.75 Å². The van der Waals surface area contributed by atoms with Crippen molar-refractivity contribution in [3.05, 3.63) is 48.2 Å². The maximum absolute atomic E-state index is 14.7. The van der Waals surface area contributed by atoms with Crippen molar-refractivity contribution in [2.45, 2.75) is 30.6 Å². The van der Waals surface area contributed by atoms with Crippen LogP contribution in [-0.4, -0.2) is 38.4 Å². The van der Waals surface area contributed by atoms with Gasteiger partial charge in [0.05, 0.1) is 29.6 Å². The van der Waals surface area contributed by atoms with Gasteiger partial charge in [0.25, 0.3) is 0 Å². The second-order valence-corrected chi connectivity index (χ2v) is 9.56. The van der Waals surface area contributed by atoms with Crippen molar-refractivity contribution in [1.82, 2.24) is 20.3 Å². The van der Waals surface area contributed by atoms with Gasteiger partial charge in [0.2, 0.25) is 0 Å². The molecule has 0 amide bonds. The summed E-state index contributed by atoms with van der Waals surface area (Å²) in [4.78, 5) is 13.0. The first-order valence-corrected chi connectivity index (χ1v) is 11.2. The van der Waals surface area contributed by atoms with Crippen molar-refractivity contribution < 1.29 is 9.13 Å². The molecule has 1 aromatic carbocycles. The Balaban J connectivity index is 1.41. The number of ether oxygens (including phenoxy) is 1. The maximum atomic E-state index is 14.7. The lowest BCUT2D eigenvalue weighted by Crippen LogP contribution is -2.50. The smallest absolute Gasteiger partial charge is 0.160 e. The quantitative estimate of drug-likeness (QED) is 0.542. The average Bonchev–Trinajstić information content (AvgIpc) is 3.63. The minimum absolute atomic E-state index is 0.185. The van der Waals surface area contributed by atoms with Crippen LogP contribution in [0.15, 0.2) is 36.8 Å². The van der Waals surface area contributed by atoms with Crippen molar-refractivity contribution in [2.75, 3.05) is 18.2 Å². The van der Waals surface area contributed by atoms with Gasteiger partial charge < -0.3 is 15.4 Å². The molecule has 3 heterocycles. The number of rotatable bonds is 5. The summed E-state index contributed by atoms with van der Waals surface area (Å²) in [6.45, 7) is 2.12. The number of hydrogen-bond donors (Lipinski definition) is 3. The van der Waals surface area contributed by atoms with E-state index in [-0.39, 0.29) is 16.6 Å². The molecule has 2 fully saturated rings. The molecule has 1 aliphatic carbocycles. The zero-order valence-electron chi connectivity index (χ0n) is 17.3. The maximum Gasteiger partial charge on any atom is 0.160 e. The first kappa shape index (κ1) is 20.0. The van der Waals surface area contributed by atoms with Gasteiger partial charge in [0, 0.05) is 23.1 Å². The van der Waals surface area contributed by atoms with Crippen molar-refractivity contribution >= 4 is 40.1 Å². The molecule has 1 unspecified atom stereocenters. The molecule has 0 radical (unpaired) electrons. The van der Waals surface area contributed by atoms with E-state index in [1.807, 2.05) is 0 Å². The van der Waals surface area contributed by atoms with E-state index in [1.165, 1.54) is 25.2 Å². The zero-order valence-corrected chi connectivity index (χ0v) is 18.1. The SMILES string of the molecule is COc1cnc2c(Nc3ccc(F)c(C4CS[C@@](C)(C5CC5)C(=N)N4)c3)ncnc2c1. The Labute approximate surface area is 183 Å². The first-order valence-electron chi connectivity index (χ1n) is 10.2. The highest BCUT2D eigenvalue weighted by atomic mass is 32.2. The number of hydrogen-bond acceptors (Lipinski definition) is 7. The number of aromatic nitrogens is 3. The van der Waals surface area contributed by atoms with Crippen LogP contribution < -0.4 is 15.4 Å². The Hall–Kier alpha value is -2.94. The van der Waals surface area contributed by atoms with Gasteiger partial charge in [-0.1, -0.05) is 0 Å². The summed E-state index contributed by atoms with van der Waals surface area (Å²) in [6.07, 6.45) is 5.39. The van der Waals surface area contributed by atoms with Gasteiger partial charge in [-0.15, -0.1) is 11.8 Å². The average molecular weight is 439 g/mol. The standard InChI is InChI=1S/C22H23FN6OS/c1-22(12-3-4-12)21(24)29-18(10-31-22)15-7-13(5-6-16(15)23)28-20-19-17(26-11-27-20)8-14(30-2)9-25-19/h5-9,11-12,18H,3-4,10H2,1-2H3,(H2,24,29)(H,26,27,28)/t18?,22-/m0/s1. The van der Waals surface area contributed by atoms with Crippen LogP contribution in [0, 0.1) is 17.1 Å². The van der Waals surface area contributed by atoms with Gasteiger partial charge in [-0.05, 0) is 43.9 Å². The number of nitrogens with one attached hydrogen (secondary N) is 3. The predicted molar refractivity (Wildman–Crippen MR) is 121 cm³/mol. The third kappa shape index (κ3) is 3.67. The monoisotopic (exact) mass is 438 g/mol. The zero-order chi connectivity index (χ0) is 21.6. The van der Waals surface area contributed by atoms with Gasteiger partial charge in [0.15, 0.2) is 5.82 Å². The fourth-order valence-corrected chi connectivity index (χ4v) is 5.42. The summed E-state index contributed by atoms with van der Waals surface area (Å²) in [5, 5.41) is 15.0. The number of nitrogens with zero attached hydrogens (tertiary/aromatic N) is 3. The normalized spacial score (nSPS) is 23.5. The fraction of sp³-hybridized carbons (Fsp3) is 0.364. The van der Waals surface area contributed by atoms with Gasteiger partial charge in [-0.3, -0.25) is 5.41 Å². The summed E-state index contributed by atoms with van der Waals surface area (Å²) in [5.74, 6) is 2.62. The van der Waals surface area contributed by atoms with E-state index in [4.69, 9.17) is 10.1 Å². The van der Waals surface area contributed by atoms with Crippen LogP contribution >= 0.6 is 11.8 Å². The second kappa shape index (κ2) is 7.64. The number of fused-ring (bicyclic) bond motifs is 1. The summed E-state index contributed by atoms with van der Waals surface area (Å²) < 4.78 is 19.7. The van der Waals surface area contributed by atoms with Crippen LogP contribution in [-0.2, 0) is 0 Å². The van der Waals surface area contributed by atoms with Crippen molar-refractivity contribution in [1.29, 1.82) is 5.41 Å². The molecule has 2 atom stereocenters. The summed E-state index contributed by atoms with van der Waals surface area (Å²) in [6, 6.07) is 6.43. The minimum atomic E-state index is -0.290. The van der Waals surface area contributed by atoms with Gasteiger partial charge in [-0.25, -0.2) is 19.3 Å². The lowest BCUT2D eigenvalue weighted by molar-refractivity contribution is 0.413. The molecule has 7 nitrogen and oxygen atoms in total. The molecular weight excluding hydrogens is 415 g/mol. The lowest BCUT2D eigenvalue weighted by Gasteiger charge is -2.39. The fourth-order valence-electron chi connectivity index (χ4n) is 3.97. The largest absolute Gasteiger partial charge is 0.495 e. The number of benzene rings is 1. The number of anilines is 2. The molecule has 1 saturated carbocycles. The van der Waals surface area contributed by atoms with Crippen LogP contribution in [0.3, 0.4) is 0 Å². The van der Waals surface area contributed by atoms with Gasteiger partial charge >= 0.3 is 0 Å². The molecule has 3 aromatic rings. The van der Waals surface area contributed by atoms with Crippen LogP contribution in [0.4, 0.5) is 15.9 Å². The molecule has 3 N–H and O–H groups in total. The van der Waals surface area contributed by atoms with E-state index in [2.05, 4.69) is 32.5 Å². The Morgan fingerprint density at radius 2 is 2.10 bits per heavy atom. The molecule has 1 aliphatic heterocycles. The van der Waals surface area contributed by atoms with Gasteiger partial charge in [-0.2, -0.15) is 0 Å². The molecule has 0 bridgehead atoms. The van der Waals surface area contributed by atoms with Crippen LogP contribution in [0.5, 0.6) is 5.75 Å². The van der Waals surface area contributed by atoms with Gasteiger partial charge in [0.1, 0.15) is 29.2 Å². The van der Waals surface area contributed by atoms with E-state index in [9.17, 15) is 4.39 Å². The highest BCUT2D eigenvalue weighted by Crippen LogP contribution is 2.50. The van der Waals surface area contributed by atoms with Crippen molar-refractivity contribution in [3.63, 3.8) is 0 Å². The third-order valence-corrected chi connectivity index (χ3v) is 7.68. The first-order chi connectivity index (χ1) is 15.0. The highest BCUT2D eigenvalue weighted by molar-refractivity contribution is 8.01. The molecule has 1 saturated heterocycles. The van der Waals surface area contributed by atoms with Crippen LogP contribution in [0.2, 0.25) is 0 Å².